The van der Waals surface area contributed by atoms with Gasteiger partial charge in [-0.25, -0.2) is 4.99 Å². The first-order chi connectivity index (χ1) is 12.5. The van der Waals surface area contributed by atoms with Crippen molar-refractivity contribution in [3.8, 4) is 5.75 Å². The van der Waals surface area contributed by atoms with Crippen molar-refractivity contribution in [1.29, 1.82) is 0 Å². The summed E-state index contributed by atoms with van der Waals surface area (Å²) in [7, 11) is 1.97. The number of amides is 2. The lowest BCUT2D eigenvalue weighted by atomic mass is 9.73. The van der Waals surface area contributed by atoms with Crippen molar-refractivity contribution >= 4 is 52.9 Å². The molecule has 8 heteroatoms. The average molecular weight is 366 g/mol. The minimum Gasteiger partial charge on any atom is -0.508 e. The molecule has 0 spiro atoms. The summed E-state index contributed by atoms with van der Waals surface area (Å²) in [6.07, 6.45) is 0.0623. The van der Waals surface area contributed by atoms with E-state index < -0.39 is 5.25 Å². The van der Waals surface area contributed by atoms with E-state index >= 15 is 0 Å². The molecule has 1 unspecified atom stereocenters. The number of carbonyl (C=O) groups is 2. The Bertz CT molecular complexity index is 838. The van der Waals surface area contributed by atoms with Crippen molar-refractivity contribution in [1.82, 2.24) is 5.32 Å². The molecule has 1 fully saturated rings. The first kappa shape index (κ1) is 18.1. The van der Waals surface area contributed by atoms with Crippen molar-refractivity contribution in [2.75, 3.05) is 5.32 Å². The summed E-state index contributed by atoms with van der Waals surface area (Å²) in [5.41, 5.74) is 2.38. The van der Waals surface area contributed by atoms with E-state index in [0.717, 1.165) is 5.46 Å². The number of amidine groups is 1. The molecule has 6 nitrogen and oxygen atoms in total. The van der Waals surface area contributed by atoms with Crippen LogP contribution in [0.25, 0.3) is 0 Å². The summed E-state index contributed by atoms with van der Waals surface area (Å²) >= 11 is 1.22. The van der Waals surface area contributed by atoms with Crippen molar-refractivity contribution in [3.63, 3.8) is 0 Å². The Kier molecular flexibility index (Phi) is 5.63. The number of hydrogen-bond acceptors (Lipinski definition) is 5. The Labute approximate surface area is 156 Å². The molecule has 2 amide bonds. The van der Waals surface area contributed by atoms with Gasteiger partial charge >= 0.3 is 0 Å². The molecule has 1 radical (unpaired) electrons. The third-order valence-electron chi connectivity index (χ3n) is 3.76. The predicted molar refractivity (Wildman–Crippen MR) is 106 cm³/mol. The topological polar surface area (TPSA) is 90.8 Å². The van der Waals surface area contributed by atoms with Crippen molar-refractivity contribution < 1.29 is 14.7 Å². The Balaban J connectivity index is 1.58. The van der Waals surface area contributed by atoms with Gasteiger partial charge < -0.3 is 15.7 Å². The van der Waals surface area contributed by atoms with Gasteiger partial charge in [0.15, 0.2) is 5.17 Å². The van der Waals surface area contributed by atoms with E-state index in [1.165, 1.54) is 23.9 Å². The van der Waals surface area contributed by atoms with Gasteiger partial charge in [-0.1, -0.05) is 36.2 Å². The van der Waals surface area contributed by atoms with Crippen LogP contribution < -0.4 is 16.1 Å². The van der Waals surface area contributed by atoms with Crippen molar-refractivity contribution in [2.45, 2.75) is 18.5 Å². The van der Waals surface area contributed by atoms with Crippen LogP contribution in [0.15, 0.2) is 53.5 Å². The van der Waals surface area contributed by atoms with Gasteiger partial charge in [0.1, 0.15) is 18.3 Å². The molecule has 1 aliphatic rings. The highest BCUT2D eigenvalue weighted by atomic mass is 32.2. The fraction of sp³-hybridized carbons (Fsp3) is 0.167. The van der Waals surface area contributed by atoms with Gasteiger partial charge in [-0.2, -0.15) is 0 Å². The maximum absolute atomic E-state index is 12.2. The van der Waals surface area contributed by atoms with E-state index in [1.807, 2.05) is 38.4 Å². The van der Waals surface area contributed by atoms with Gasteiger partial charge in [-0.05, 0) is 36.4 Å². The SMILES string of the molecule is C[B]c1ccc(NC(=O)CC2SC(=Nc3ccc(O)cc3)NC2=O)cc1. The Morgan fingerprint density at radius 3 is 2.58 bits per heavy atom. The molecule has 1 aliphatic heterocycles. The lowest BCUT2D eigenvalue weighted by Gasteiger charge is -2.08. The molecule has 1 heterocycles. The largest absolute Gasteiger partial charge is 0.508 e. The van der Waals surface area contributed by atoms with E-state index in [9.17, 15) is 14.7 Å². The zero-order chi connectivity index (χ0) is 18.5. The second-order valence-corrected chi connectivity index (χ2v) is 6.88. The first-order valence-corrected chi connectivity index (χ1v) is 8.96. The van der Waals surface area contributed by atoms with E-state index in [1.54, 1.807) is 12.1 Å². The van der Waals surface area contributed by atoms with Gasteiger partial charge in [0, 0.05) is 12.1 Å². The molecule has 26 heavy (non-hydrogen) atoms. The van der Waals surface area contributed by atoms with E-state index in [-0.39, 0.29) is 24.0 Å². The molecule has 2 aromatic carbocycles. The number of phenols is 1. The van der Waals surface area contributed by atoms with E-state index in [2.05, 4.69) is 15.6 Å². The number of rotatable bonds is 5. The standard InChI is InChI=1S/C18H17BN3O3S/c1-19-11-2-4-12(5-3-11)20-16(24)10-15-17(25)22-18(26-15)21-13-6-8-14(23)9-7-13/h2-9,15,23H,10H2,1H3,(H,20,24)(H,21,22,25). The molecule has 1 saturated heterocycles. The van der Waals surface area contributed by atoms with E-state index in [0.29, 0.717) is 16.5 Å². The normalized spacial score (nSPS) is 17.8. The number of aromatic hydroxyl groups is 1. The van der Waals surface area contributed by atoms with Crippen LogP contribution in [0, 0.1) is 0 Å². The minimum atomic E-state index is -0.519. The van der Waals surface area contributed by atoms with Gasteiger partial charge in [0.2, 0.25) is 11.8 Å². The van der Waals surface area contributed by atoms with Crippen LogP contribution in [0.1, 0.15) is 6.42 Å². The lowest BCUT2D eigenvalue weighted by molar-refractivity contribution is -0.122. The summed E-state index contributed by atoms with van der Waals surface area (Å²) in [4.78, 5) is 28.6. The van der Waals surface area contributed by atoms with Crippen LogP contribution in [-0.4, -0.2) is 34.6 Å². The fourth-order valence-corrected chi connectivity index (χ4v) is 3.36. The number of benzene rings is 2. The zero-order valence-electron chi connectivity index (χ0n) is 14.1. The lowest BCUT2D eigenvalue weighted by Crippen LogP contribution is -2.28. The summed E-state index contributed by atoms with van der Waals surface area (Å²) < 4.78 is 0. The summed E-state index contributed by atoms with van der Waals surface area (Å²) in [5, 5.41) is 14.7. The predicted octanol–water partition coefficient (Wildman–Crippen LogP) is 2.02. The monoisotopic (exact) mass is 366 g/mol. The molecule has 3 rings (SSSR count). The molecule has 0 saturated carbocycles. The van der Waals surface area contributed by atoms with Crippen LogP contribution in [0.2, 0.25) is 6.82 Å². The number of aliphatic imine (C=N–C) groups is 1. The van der Waals surface area contributed by atoms with Gasteiger partial charge in [-0.3, -0.25) is 9.59 Å². The van der Waals surface area contributed by atoms with Crippen LogP contribution >= 0.6 is 11.8 Å². The van der Waals surface area contributed by atoms with Crippen LogP contribution in [-0.2, 0) is 9.59 Å². The number of thioether (sulfide) groups is 1. The Morgan fingerprint density at radius 1 is 1.23 bits per heavy atom. The molecule has 0 aromatic heterocycles. The zero-order valence-corrected chi connectivity index (χ0v) is 14.9. The highest BCUT2D eigenvalue weighted by molar-refractivity contribution is 8.15. The Morgan fingerprint density at radius 2 is 1.92 bits per heavy atom. The molecule has 1 atom stereocenters. The fourth-order valence-electron chi connectivity index (χ4n) is 2.38. The molecule has 0 bridgehead atoms. The average Bonchev–Trinajstić information content (AvgIpc) is 2.96. The smallest absolute Gasteiger partial charge is 0.240 e. The molecule has 131 valence electrons. The number of hydrogen-bond donors (Lipinski definition) is 3. The number of nitrogens with zero attached hydrogens (tertiary/aromatic N) is 1. The second kappa shape index (κ2) is 8.10. The third kappa shape index (κ3) is 4.67. The van der Waals surface area contributed by atoms with Gasteiger partial charge in [0.05, 0.1) is 5.69 Å². The summed E-state index contributed by atoms with van der Waals surface area (Å²) in [6.45, 7) is 1.95. The second-order valence-electron chi connectivity index (χ2n) is 5.69. The number of carbonyl (C=O) groups excluding carboxylic acids is 2. The maximum atomic E-state index is 12.2. The highest BCUT2D eigenvalue weighted by Crippen LogP contribution is 2.26. The summed E-state index contributed by atoms with van der Waals surface area (Å²) in [6, 6.07) is 13.8. The maximum Gasteiger partial charge on any atom is 0.240 e. The van der Waals surface area contributed by atoms with Gasteiger partial charge in [0.25, 0.3) is 0 Å². The van der Waals surface area contributed by atoms with Crippen LogP contribution in [0.3, 0.4) is 0 Å². The quantitative estimate of drug-likeness (QED) is 0.706. The number of anilines is 1. The first-order valence-electron chi connectivity index (χ1n) is 8.08. The molecule has 3 N–H and O–H groups in total. The molecular weight excluding hydrogens is 349 g/mol. The minimum absolute atomic E-state index is 0.0623. The molecule has 0 aliphatic carbocycles. The van der Waals surface area contributed by atoms with E-state index in [4.69, 9.17) is 0 Å². The third-order valence-corrected chi connectivity index (χ3v) is 4.84. The molecule has 2 aromatic rings. The molecular formula is C18H17BN3O3S. The van der Waals surface area contributed by atoms with Crippen LogP contribution in [0.5, 0.6) is 5.75 Å². The van der Waals surface area contributed by atoms with Gasteiger partial charge in [-0.15, -0.1) is 0 Å². The number of phenolic OH excluding ortho intramolecular Hbond substituents is 1. The highest BCUT2D eigenvalue weighted by Gasteiger charge is 2.32. The van der Waals surface area contributed by atoms with Crippen molar-refractivity contribution in [2.24, 2.45) is 4.99 Å². The van der Waals surface area contributed by atoms with Crippen LogP contribution in [0.4, 0.5) is 11.4 Å². The Hall–Kier alpha value is -2.74. The van der Waals surface area contributed by atoms with Crippen molar-refractivity contribution in [3.05, 3.63) is 48.5 Å². The number of nitrogens with one attached hydrogen (secondary N) is 2. The summed E-state index contributed by atoms with van der Waals surface area (Å²) in [5.74, 6) is -0.313.